The predicted octanol–water partition coefficient (Wildman–Crippen LogP) is 4.75. The third-order valence-corrected chi connectivity index (χ3v) is 4.30. The summed E-state index contributed by atoms with van der Waals surface area (Å²) in [5, 5.41) is 27.7. The summed E-state index contributed by atoms with van der Waals surface area (Å²) < 4.78 is 13.8. The summed E-state index contributed by atoms with van der Waals surface area (Å²) in [5.41, 5.74) is 1.40. The molecule has 1 N–H and O–H groups in total. The maximum atomic E-state index is 13.8. The molecule has 138 valence electrons. The lowest BCUT2D eigenvalue weighted by Crippen LogP contribution is -2.46. The average Bonchev–Trinajstić information content (AvgIpc) is 2.61. The van der Waals surface area contributed by atoms with Crippen LogP contribution in [0.5, 0.6) is 0 Å². The van der Waals surface area contributed by atoms with Gasteiger partial charge in [0.25, 0.3) is 0 Å². The van der Waals surface area contributed by atoms with Crippen molar-refractivity contribution in [1.82, 2.24) is 4.90 Å². The number of halogens is 1. The molecule has 6 heteroatoms. The zero-order valence-corrected chi connectivity index (χ0v) is 15.4. The fourth-order valence-corrected chi connectivity index (χ4v) is 2.74. The van der Waals surface area contributed by atoms with Gasteiger partial charge in [0.1, 0.15) is 11.9 Å². The van der Waals surface area contributed by atoms with Crippen LogP contribution in [0.25, 0.3) is 11.1 Å². The van der Waals surface area contributed by atoms with E-state index in [9.17, 15) is 19.6 Å². The SMILES string of the molecule is CC(C)(C)N(CC(C#N)c1ccc(-c2ccc(C#N)c(F)c2)cc1)C(=O)O. The van der Waals surface area contributed by atoms with E-state index in [2.05, 4.69) is 6.07 Å². The van der Waals surface area contributed by atoms with Gasteiger partial charge in [0, 0.05) is 12.1 Å². The summed E-state index contributed by atoms with van der Waals surface area (Å²) in [4.78, 5) is 12.8. The molecule has 0 aliphatic carbocycles. The van der Waals surface area contributed by atoms with Crippen molar-refractivity contribution in [3.05, 3.63) is 59.4 Å². The molecule has 0 heterocycles. The van der Waals surface area contributed by atoms with Crippen molar-refractivity contribution in [3.8, 4) is 23.3 Å². The second-order valence-electron chi connectivity index (χ2n) is 7.17. The Hall–Kier alpha value is -3.38. The Kier molecular flexibility index (Phi) is 5.82. The van der Waals surface area contributed by atoms with E-state index < -0.39 is 23.4 Å². The number of nitriles is 2. The van der Waals surface area contributed by atoms with Crippen LogP contribution in [0.2, 0.25) is 0 Å². The Balaban J connectivity index is 2.27. The maximum absolute atomic E-state index is 13.8. The minimum absolute atomic E-state index is 0.0177. The average molecular weight is 365 g/mol. The van der Waals surface area contributed by atoms with Gasteiger partial charge in [0.05, 0.1) is 17.6 Å². The van der Waals surface area contributed by atoms with Crippen LogP contribution in [0.3, 0.4) is 0 Å². The van der Waals surface area contributed by atoms with E-state index in [0.717, 1.165) is 5.56 Å². The fraction of sp³-hybridized carbons (Fsp3) is 0.286. The van der Waals surface area contributed by atoms with Crippen molar-refractivity contribution < 1.29 is 14.3 Å². The molecule has 0 fully saturated rings. The van der Waals surface area contributed by atoms with Crippen molar-refractivity contribution in [2.75, 3.05) is 6.54 Å². The molecule has 0 bridgehead atoms. The van der Waals surface area contributed by atoms with E-state index in [1.807, 2.05) is 0 Å². The first-order valence-corrected chi connectivity index (χ1v) is 8.37. The van der Waals surface area contributed by atoms with Gasteiger partial charge < -0.3 is 10.0 Å². The van der Waals surface area contributed by atoms with Crippen molar-refractivity contribution >= 4 is 6.09 Å². The minimum atomic E-state index is -1.08. The van der Waals surface area contributed by atoms with E-state index >= 15 is 0 Å². The number of amides is 1. The molecular weight excluding hydrogens is 345 g/mol. The number of carbonyl (C=O) groups is 1. The lowest BCUT2D eigenvalue weighted by atomic mass is 9.95. The molecule has 0 saturated carbocycles. The molecule has 2 aromatic rings. The third-order valence-electron chi connectivity index (χ3n) is 4.30. The summed E-state index contributed by atoms with van der Waals surface area (Å²) in [5.74, 6) is -1.21. The zero-order chi connectivity index (χ0) is 20.2. The normalized spacial score (nSPS) is 11.9. The molecule has 1 amide bonds. The van der Waals surface area contributed by atoms with Crippen LogP contribution in [0.15, 0.2) is 42.5 Å². The lowest BCUT2D eigenvalue weighted by Gasteiger charge is -2.34. The lowest BCUT2D eigenvalue weighted by molar-refractivity contribution is 0.0989. The summed E-state index contributed by atoms with van der Waals surface area (Å²) in [7, 11) is 0. The highest BCUT2D eigenvalue weighted by Gasteiger charge is 2.29. The first-order valence-electron chi connectivity index (χ1n) is 8.37. The second kappa shape index (κ2) is 7.88. The molecule has 1 unspecified atom stereocenters. The molecule has 0 aliphatic rings. The van der Waals surface area contributed by atoms with Crippen molar-refractivity contribution in [1.29, 1.82) is 10.5 Å². The Morgan fingerprint density at radius 1 is 1.15 bits per heavy atom. The smallest absolute Gasteiger partial charge is 0.407 e. The van der Waals surface area contributed by atoms with E-state index in [-0.39, 0.29) is 12.1 Å². The monoisotopic (exact) mass is 365 g/mol. The molecule has 1 atom stereocenters. The van der Waals surface area contributed by atoms with Crippen LogP contribution in [0.4, 0.5) is 9.18 Å². The largest absolute Gasteiger partial charge is 0.465 e. The van der Waals surface area contributed by atoms with Crippen LogP contribution in [-0.2, 0) is 0 Å². The Bertz CT molecular complexity index is 918. The zero-order valence-electron chi connectivity index (χ0n) is 15.4. The van der Waals surface area contributed by atoms with Gasteiger partial charge in [0.15, 0.2) is 0 Å². The third kappa shape index (κ3) is 4.62. The van der Waals surface area contributed by atoms with Crippen LogP contribution in [0, 0.1) is 28.5 Å². The fourth-order valence-electron chi connectivity index (χ4n) is 2.74. The van der Waals surface area contributed by atoms with E-state index in [4.69, 9.17) is 5.26 Å². The highest BCUT2D eigenvalue weighted by Crippen LogP contribution is 2.26. The number of benzene rings is 2. The number of rotatable bonds is 4. The number of hydrogen-bond acceptors (Lipinski definition) is 3. The summed E-state index contributed by atoms with van der Waals surface area (Å²) in [6.07, 6.45) is -1.08. The number of nitrogens with zero attached hydrogens (tertiary/aromatic N) is 3. The Morgan fingerprint density at radius 2 is 1.74 bits per heavy atom. The summed E-state index contributed by atoms with van der Waals surface area (Å²) >= 11 is 0. The molecule has 27 heavy (non-hydrogen) atoms. The van der Waals surface area contributed by atoms with Crippen LogP contribution < -0.4 is 0 Å². The molecule has 5 nitrogen and oxygen atoms in total. The molecule has 0 aromatic heterocycles. The maximum Gasteiger partial charge on any atom is 0.407 e. The first kappa shape index (κ1) is 19.9. The van der Waals surface area contributed by atoms with Gasteiger partial charge in [-0.15, -0.1) is 0 Å². The van der Waals surface area contributed by atoms with Crippen molar-refractivity contribution in [2.45, 2.75) is 32.2 Å². The van der Waals surface area contributed by atoms with E-state index in [1.54, 1.807) is 57.2 Å². The summed E-state index contributed by atoms with van der Waals surface area (Å²) in [6, 6.07) is 15.3. The molecule has 2 aromatic carbocycles. The molecule has 0 spiro atoms. The molecule has 0 aliphatic heterocycles. The highest BCUT2D eigenvalue weighted by atomic mass is 19.1. The number of carboxylic acid groups (broad SMARTS) is 1. The van der Waals surface area contributed by atoms with Gasteiger partial charge in [-0.1, -0.05) is 30.3 Å². The van der Waals surface area contributed by atoms with Crippen molar-refractivity contribution in [3.63, 3.8) is 0 Å². The Morgan fingerprint density at radius 3 is 2.19 bits per heavy atom. The van der Waals surface area contributed by atoms with E-state index in [1.165, 1.54) is 17.0 Å². The topological polar surface area (TPSA) is 88.1 Å². The van der Waals surface area contributed by atoms with Gasteiger partial charge in [-0.05, 0) is 49.6 Å². The standard InChI is InChI=1S/C21H20FN3O2/c1-21(2,3)25(20(26)27)13-18(12-24)15-6-4-14(5-7-15)16-8-9-17(11-23)19(22)10-16/h4-10,18H,13H2,1-3H3,(H,26,27). The molecule has 0 radical (unpaired) electrons. The Labute approximate surface area is 157 Å². The minimum Gasteiger partial charge on any atom is -0.465 e. The predicted molar refractivity (Wildman–Crippen MR) is 99.4 cm³/mol. The second-order valence-corrected chi connectivity index (χ2v) is 7.17. The van der Waals surface area contributed by atoms with Crippen LogP contribution in [-0.4, -0.2) is 28.2 Å². The van der Waals surface area contributed by atoms with Crippen molar-refractivity contribution in [2.24, 2.45) is 0 Å². The van der Waals surface area contributed by atoms with Gasteiger partial charge in [-0.3, -0.25) is 0 Å². The van der Waals surface area contributed by atoms with Crippen LogP contribution in [0.1, 0.15) is 37.8 Å². The van der Waals surface area contributed by atoms with Crippen LogP contribution >= 0.6 is 0 Å². The van der Waals surface area contributed by atoms with E-state index in [0.29, 0.717) is 11.1 Å². The quantitative estimate of drug-likeness (QED) is 0.847. The first-order chi connectivity index (χ1) is 12.7. The molecule has 0 saturated heterocycles. The number of hydrogen-bond donors (Lipinski definition) is 1. The summed E-state index contributed by atoms with van der Waals surface area (Å²) in [6.45, 7) is 5.38. The van der Waals surface area contributed by atoms with Gasteiger partial charge >= 0.3 is 6.09 Å². The van der Waals surface area contributed by atoms with Gasteiger partial charge in [-0.25, -0.2) is 9.18 Å². The van der Waals surface area contributed by atoms with Gasteiger partial charge in [-0.2, -0.15) is 10.5 Å². The van der Waals surface area contributed by atoms with Gasteiger partial charge in [0.2, 0.25) is 0 Å². The molecular formula is C21H20FN3O2. The highest BCUT2D eigenvalue weighted by molar-refractivity contribution is 5.67. The molecule has 2 rings (SSSR count).